The molecule has 1 aromatic carbocycles. The standard InChI is InChI=1S/C14H21FN2O.ClH/c1-3-12(17-9-7-16-8-10-17)11-5-4-6-13(18-2)14(11)15;/h4-6,12,16H,3,7-10H2,1-2H3;1H/t12-;/m1./s1. The van der Waals surface area contributed by atoms with Gasteiger partial charge in [0.25, 0.3) is 0 Å². The Bertz CT molecular complexity index is 397. The maximum absolute atomic E-state index is 14.3. The summed E-state index contributed by atoms with van der Waals surface area (Å²) in [7, 11) is 1.51. The average Bonchev–Trinajstić information content (AvgIpc) is 2.43. The van der Waals surface area contributed by atoms with E-state index >= 15 is 0 Å². The molecule has 0 spiro atoms. The Morgan fingerprint density at radius 2 is 2.05 bits per heavy atom. The molecule has 0 bridgehead atoms. The monoisotopic (exact) mass is 288 g/mol. The summed E-state index contributed by atoms with van der Waals surface area (Å²) < 4.78 is 19.4. The molecule has 19 heavy (non-hydrogen) atoms. The molecule has 1 aliphatic rings. The van der Waals surface area contributed by atoms with Gasteiger partial charge in [0.05, 0.1) is 7.11 Å². The van der Waals surface area contributed by atoms with Crippen molar-refractivity contribution >= 4 is 12.4 Å². The van der Waals surface area contributed by atoms with Gasteiger partial charge in [-0.1, -0.05) is 19.1 Å². The second kappa shape index (κ2) is 7.68. The zero-order valence-electron chi connectivity index (χ0n) is 11.5. The third-order valence-corrected chi connectivity index (χ3v) is 3.55. The summed E-state index contributed by atoms with van der Waals surface area (Å²) in [6.07, 6.45) is 0.907. The van der Waals surface area contributed by atoms with Crippen LogP contribution in [0.15, 0.2) is 18.2 Å². The van der Waals surface area contributed by atoms with Crippen LogP contribution in [0.1, 0.15) is 24.9 Å². The molecule has 2 rings (SSSR count). The van der Waals surface area contributed by atoms with Crippen molar-refractivity contribution in [1.82, 2.24) is 10.2 Å². The Hall–Kier alpha value is -0.840. The van der Waals surface area contributed by atoms with E-state index in [1.165, 1.54) is 7.11 Å². The Labute approximate surface area is 120 Å². The van der Waals surface area contributed by atoms with Gasteiger partial charge in [0.15, 0.2) is 11.6 Å². The number of methoxy groups -OCH3 is 1. The minimum absolute atomic E-state index is 0. The Morgan fingerprint density at radius 1 is 1.37 bits per heavy atom. The largest absolute Gasteiger partial charge is 0.494 e. The van der Waals surface area contributed by atoms with Gasteiger partial charge in [0.2, 0.25) is 0 Å². The van der Waals surface area contributed by atoms with Crippen LogP contribution in [-0.2, 0) is 0 Å². The highest BCUT2D eigenvalue weighted by atomic mass is 35.5. The van der Waals surface area contributed by atoms with Crippen LogP contribution in [0.5, 0.6) is 5.75 Å². The molecule has 108 valence electrons. The van der Waals surface area contributed by atoms with Gasteiger partial charge in [0, 0.05) is 37.8 Å². The molecule has 1 aliphatic heterocycles. The molecular formula is C14H22ClFN2O. The average molecular weight is 289 g/mol. The number of ether oxygens (including phenoxy) is 1. The summed E-state index contributed by atoms with van der Waals surface area (Å²) in [6, 6.07) is 5.54. The van der Waals surface area contributed by atoms with Gasteiger partial charge in [-0.25, -0.2) is 4.39 Å². The van der Waals surface area contributed by atoms with Crippen molar-refractivity contribution in [1.29, 1.82) is 0 Å². The lowest BCUT2D eigenvalue weighted by atomic mass is 10.0. The van der Waals surface area contributed by atoms with Gasteiger partial charge in [0.1, 0.15) is 0 Å². The van der Waals surface area contributed by atoms with E-state index < -0.39 is 0 Å². The fraction of sp³-hybridized carbons (Fsp3) is 0.571. The maximum atomic E-state index is 14.3. The molecule has 1 saturated heterocycles. The highest BCUT2D eigenvalue weighted by molar-refractivity contribution is 5.85. The Kier molecular flexibility index (Phi) is 6.55. The first kappa shape index (κ1) is 16.2. The van der Waals surface area contributed by atoms with Crippen molar-refractivity contribution in [2.75, 3.05) is 33.3 Å². The zero-order valence-corrected chi connectivity index (χ0v) is 12.3. The number of hydrogen-bond acceptors (Lipinski definition) is 3. The van der Waals surface area contributed by atoms with Crippen molar-refractivity contribution in [2.24, 2.45) is 0 Å². The Morgan fingerprint density at radius 3 is 2.63 bits per heavy atom. The molecule has 1 N–H and O–H groups in total. The third kappa shape index (κ3) is 3.59. The van der Waals surface area contributed by atoms with E-state index in [0.29, 0.717) is 5.75 Å². The van der Waals surface area contributed by atoms with E-state index in [1.807, 2.05) is 12.1 Å². The summed E-state index contributed by atoms with van der Waals surface area (Å²) in [5, 5.41) is 3.32. The molecule has 1 aromatic rings. The normalized spacial score (nSPS) is 17.6. The molecule has 0 radical (unpaired) electrons. The van der Waals surface area contributed by atoms with Crippen LogP contribution >= 0.6 is 12.4 Å². The zero-order chi connectivity index (χ0) is 13.0. The summed E-state index contributed by atoms with van der Waals surface area (Å²) in [5.74, 6) is 0.117. The topological polar surface area (TPSA) is 24.5 Å². The number of rotatable bonds is 4. The molecular weight excluding hydrogens is 267 g/mol. The first-order chi connectivity index (χ1) is 8.77. The highest BCUT2D eigenvalue weighted by Gasteiger charge is 2.24. The van der Waals surface area contributed by atoms with Gasteiger partial charge in [-0.15, -0.1) is 12.4 Å². The van der Waals surface area contributed by atoms with Crippen LogP contribution in [0.4, 0.5) is 4.39 Å². The highest BCUT2D eigenvalue weighted by Crippen LogP contribution is 2.30. The molecule has 1 fully saturated rings. The van der Waals surface area contributed by atoms with Crippen LogP contribution < -0.4 is 10.1 Å². The lowest BCUT2D eigenvalue weighted by molar-refractivity contribution is 0.165. The van der Waals surface area contributed by atoms with E-state index in [4.69, 9.17) is 4.74 Å². The molecule has 0 aromatic heterocycles. The van der Waals surface area contributed by atoms with Gasteiger partial charge in [-0.2, -0.15) is 0 Å². The summed E-state index contributed by atoms with van der Waals surface area (Å²) >= 11 is 0. The van der Waals surface area contributed by atoms with Crippen LogP contribution in [0.2, 0.25) is 0 Å². The number of benzene rings is 1. The van der Waals surface area contributed by atoms with Crippen LogP contribution in [0.25, 0.3) is 0 Å². The van der Waals surface area contributed by atoms with E-state index in [0.717, 1.165) is 38.2 Å². The van der Waals surface area contributed by atoms with Crippen molar-refractivity contribution in [2.45, 2.75) is 19.4 Å². The fourth-order valence-electron chi connectivity index (χ4n) is 2.61. The van der Waals surface area contributed by atoms with Crippen molar-refractivity contribution < 1.29 is 9.13 Å². The molecule has 1 atom stereocenters. The molecule has 0 amide bonds. The third-order valence-electron chi connectivity index (χ3n) is 3.55. The minimum atomic E-state index is -0.217. The number of nitrogens with zero attached hydrogens (tertiary/aromatic N) is 1. The molecule has 1 heterocycles. The van der Waals surface area contributed by atoms with Crippen molar-refractivity contribution in [3.63, 3.8) is 0 Å². The van der Waals surface area contributed by atoms with E-state index in [1.54, 1.807) is 6.07 Å². The van der Waals surface area contributed by atoms with E-state index in [-0.39, 0.29) is 24.3 Å². The van der Waals surface area contributed by atoms with Crippen LogP contribution in [0, 0.1) is 5.82 Å². The quantitative estimate of drug-likeness (QED) is 0.922. The lowest BCUT2D eigenvalue weighted by Crippen LogP contribution is -2.45. The van der Waals surface area contributed by atoms with Gasteiger partial charge < -0.3 is 10.1 Å². The van der Waals surface area contributed by atoms with Crippen LogP contribution in [0.3, 0.4) is 0 Å². The summed E-state index contributed by atoms with van der Waals surface area (Å²) in [4.78, 5) is 2.34. The SMILES string of the molecule is CC[C@H](c1cccc(OC)c1F)N1CCNCC1.Cl. The smallest absolute Gasteiger partial charge is 0.169 e. The lowest BCUT2D eigenvalue weighted by Gasteiger charge is -2.35. The number of halogens is 2. The molecule has 3 nitrogen and oxygen atoms in total. The predicted molar refractivity (Wildman–Crippen MR) is 77.7 cm³/mol. The number of piperazine rings is 1. The van der Waals surface area contributed by atoms with Gasteiger partial charge in [-0.05, 0) is 12.5 Å². The molecule has 0 aliphatic carbocycles. The first-order valence-corrected chi connectivity index (χ1v) is 6.55. The van der Waals surface area contributed by atoms with Crippen molar-refractivity contribution in [3.05, 3.63) is 29.6 Å². The maximum Gasteiger partial charge on any atom is 0.169 e. The summed E-state index contributed by atoms with van der Waals surface area (Å²) in [5.41, 5.74) is 0.749. The molecule has 0 saturated carbocycles. The minimum Gasteiger partial charge on any atom is -0.494 e. The van der Waals surface area contributed by atoms with Crippen LogP contribution in [-0.4, -0.2) is 38.2 Å². The second-order valence-corrected chi connectivity index (χ2v) is 4.57. The summed E-state index contributed by atoms with van der Waals surface area (Å²) in [6.45, 7) is 5.99. The molecule has 5 heteroatoms. The number of nitrogens with one attached hydrogen (secondary N) is 1. The van der Waals surface area contributed by atoms with Gasteiger partial charge >= 0.3 is 0 Å². The van der Waals surface area contributed by atoms with Crippen molar-refractivity contribution in [3.8, 4) is 5.75 Å². The Balaban J connectivity index is 0.00000180. The van der Waals surface area contributed by atoms with E-state index in [9.17, 15) is 4.39 Å². The molecule has 0 unspecified atom stereocenters. The fourth-order valence-corrected chi connectivity index (χ4v) is 2.61. The predicted octanol–water partition coefficient (Wildman–Crippen LogP) is 2.61. The first-order valence-electron chi connectivity index (χ1n) is 6.55. The van der Waals surface area contributed by atoms with E-state index in [2.05, 4.69) is 17.1 Å². The number of hydrogen-bond donors (Lipinski definition) is 1. The van der Waals surface area contributed by atoms with Gasteiger partial charge in [-0.3, -0.25) is 4.90 Å². The second-order valence-electron chi connectivity index (χ2n) is 4.57.